The summed E-state index contributed by atoms with van der Waals surface area (Å²) >= 11 is 0. The lowest BCUT2D eigenvalue weighted by Crippen LogP contribution is -2.34. The number of nitrogens with one attached hydrogen (secondary N) is 1. The smallest absolute Gasteiger partial charge is 0.248 e. The van der Waals surface area contributed by atoms with Gasteiger partial charge in [0.1, 0.15) is 0 Å². The minimum Gasteiger partial charge on any atom is -0.329 e. The normalized spacial score (nSPS) is 21.6. The molecule has 2 rings (SSSR count). The number of pyridine rings is 1. The number of nitrogens with zero attached hydrogens (tertiary/aromatic N) is 1. The number of H-pyrrole nitrogens is 1. The van der Waals surface area contributed by atoms with Gasteiger partial charge in [0.15, 0.2) is 0 Å². The van der Waals surface area contributed by atoms with Crippen LogP contribution in [0.5, 0.6) is 0 Å². The number of aromatic amines is 1. The molecule has 1 aromatic heterocycles. The van der Waals surface area contributed by atoms with E-state index in [0.29, 0.717) is 6.04 Å². The highest BCUT2D eigenvalue weighted by molar-refractivity contribution is 5.25. The predicted octanol–water partition coefficient (Wildman–Crippen LogP) is 2.62. The van der Waals surface area contributed by atoms with E-state index in [1.165, 1.54) is 37.8 Å². The van der Waals surface area contributed by atoms with Gasteiger partial charge in [-0.2, -0.15) is 0 Å². The molecular formula is C14H22N2O. The number of rotatable bonds is 3. The van der Waals surface area contributed by atoms with Crippen LogP contribution in [0.15, 0.2) is 17.1 Å². The van der Waals surface area contributed by atoms with E-state index in [4.69, 9.17) is 0 Å². The molecule has 0 radical (unpaired) electrons. The first-order valence-corrected chi connectivity index (χ1v) is 6.65. The van der Waals surface area contributed by atoms with Crippen LogP contribution in [0.4, 0.5) is 0 Å². The van der Waals surface area contributed by atoms with Crippen molar-refractivity contribution in [3.8, 4) is 0 Å². The molecule has 1 aliphatic heterocycles. The van der Waals surface area contributed by atoms with Gasteiger partial charge in [0.05, 0.1) is 0 Å². The van der Waals surface area contributed by atoms with Crippen molar-refractivity contribution >= 4 is 0 Å². The summed E-state index contributed by atoms with van der Waals surface area (Å²) in [4.78, 5) is 16.6. The standard InChI is InChI=1S/C14H22N2O/c1-3-7-16-8-5-4-6-13(16)12-10-15-14(17)9-11(12)2/h9-10,13H,3-8H2,1-2H3,(H,15,17)/t13-/m0/s1. The van der Waals surface area contributed by atoms with Gasteiger partial charge >= 0.3 is 0 Å². The number of aromatic nitrogens is 1. The Balaban J connectivity index is 2.26. The summed E-state index contributed by atoms with van der Waals surface area (Å²) in [6.45, 7) is 6.62. The molecule has 0 saturated carbocycles. The highest BCUT2D eigenvalue weighted by Gasteiger charge is 2.24. The first-order chi connectivity index (χ1) is 8.22. The van der Waals surface area contributed by atoms with Crippen LogP contribution in [0.2, 0.25) is 0 Å². The zero-order valence-corrected chi connectivity index (χ0v) is 10.8. The molecule has 0 unspecified atom stereocenters. The second-order valence-electron chi connectivity index (χ2n) is 4.98. The van der Waals surface area contributed by atoms with Crippen molar-refractivity contribution in [3.63, 3.8) is 0 Å². The monoisotopic (exact) mass is 234 g/mol. The Morgan fingerprint density at radius 3 is 3.00 bits per heavy atom. The number of hydrogen-bond acceptors (Lipinski definition) is 2. The van der Waals surface area contributed by atoms with Crippen molar-refractivity contribution in [2.45, 2.75) is 45.6 Å². The zero-order chi connectivity index (χ0) is 12.3. The van der Waals surface area contributed by atoms with Gasteiger partial charge in [-0.3, -0.25) is 9.69 Å². The summed E-state index contributed by atoms with van der Waals surface area (Å²) in [5, 5.41) is 0. The molecule has 1 fully saturated rings. The molecule has 2 heterocycles. The zero-order valence-electron chi connectivity index (χ0n) is 10.8. The van der Waals surface area contributed by atoms with E-state index in [1.54, 1.807) is 6.07 Å². The fraction of sp³-hybridized carbons (Fsp3) is 0.643. The Labute approximate surface area is 103 Å². The van der Waals surface area contributed by atoms with E-state index in [0.717, 1.165) is 12.1 Å². The van der Waals surface area contributed by atoms with E-state index >= 15 is 0 Å². The van der Waals surface area contributed by atoms with Crippen LogP contribution < -0.4 is 5.56 Å². The van der Waals surface area contributed by atoms with Crippen LogP contribution in [0.3, 0.4) is 0 Å². The maximum atomic E-state index is 11.3. The minimum atomic E-state index is 0.00380. The highest BCUT2D eigenvalue weighted by Crippen LogP contribution is 2.31. The first kappa shape index (κ1) is 12.4. The number of aryl methyl sites for hydroxylation is 1. The Hall–Kier alpha value is -1.09. The molecule has 0 amide bonds. The maximum absolute atomic E-state index is 11.3. The van der Waals surface area contributed by atoms with Gasteiger partial charge in [-0.05, 0) is 50.4 Å². The Bertz CT molecular complexity index is 422. The van der Waals surface area contributed by atoms with E-state index in [-0.39, 0.29) is 5.56 Å². The lowest BCUT2D eigenvalue weighted by molar-refractivity contribution is 0.148. The number of hydrogen-bond donors (Lipinski definition) is 1. The lowest BCUT2D eigenvalue weighted by atomic mass is 9.93. The third-order valence-corrected chi connectivity index (χ3v) is 3.66. The summed E-state index contributed by atoms with van der Waals surface area (Å²) in [5.41, 5.74) is 2.43. The third-order valence-electron chi connectivity index (χ3n) is 3.66. The van der Waals surface area contributed by atoms with Crippen molar-refractivity contribution in [1.82, 2.24) is 9.88 Å². The molecule has 0 aliphatic carbocycles. The second-order valence-corrected chi connectivity index (χ2v) is 4.98. The molecule has 0 spiro atoms. The molecule has 0 aromatic carbocycles. The average molecular weight is 234 g/mol. The van der Waals surface area contributed by atoms with E-state index < -0.39 is 0 Å². The molecule has 1 atom stereocenters. The molecule has 1 saturated heterocycles. The molecule has 1 aliphatic rings. The molecule has 17 heavy (non-hydrogen) atoms. The van der Waals surface area contributed by atoms with Crippen molar-refractivity contribution in [2.24, 2.45) is 0 Å². The van der Waals surface area contributed by atoms with Gasteiger partial charge in [-0.15, -0.1) is 0 Å². The van der Waals surface area contributed by atoms with Gasteiger partial charge < -0.3 is 4.98 Å². The van der Waals surface area contributed by atoms with Crippen molar-refractivity contribution in [3.05, 3.63) is 33.7 Å². The van der Waals surface area contributed by atoms with Crippen molar-refractivity contribution in [2.75, 3.05) is 13.1 Å². The SMILES string of the molecule is CCCN1CCCC[C@H]1c1c[nH]c(=O)cc1C. The van der Waals surface area contributed by atoms with Crippen molar-refractivity contribution in [1.29, 1.82) is 0 Å². The Morgan fingerprint density at radius 1 is 1.47 bits per heavy atom. The molecule has 3 heteroatoms. The molecule has 3 nitrogen and oxygen atoms in total. The summed E-state index contributed by atoms with van der Waals surface area (Å²) in [6, 6.07) is 2.22. The van der Waals surface area contributed by atoms with Crippen LogP contribution in [-0.2, 0) is 0 Å². The van der Waals surface area contributed by atoms with Crippen LogP contribution in [0.1, 0.15) is 49.8 Å². The van der Waals surface area contributed by atoms with Gasteiger partial charge in [-0.25, -0.2) is 0 Å². The lowest BCUT2D eigenvalue weighted by Gasteiger charge is -2.36. The second kappa shape index (κ2) is 5.50. The molecule has 0 bridgehead atoms. The number of piperidine rings is 1. The number of likely N-dealkylation sites (tertiary alicyclic amines) is 1. The summed E-state index contributed by atoms with van der Waals surface area (Å²) in [7, 11) is 0. The summed E-state index contributed by atoms with van der Waals surface area (Å²) in [5.74, 6) is 0. The molecule has 94 valence electrons. The van der Waals surface area contributed by atoms with Crippen LogP contribution in [0.25, 0.3) is 0 Å². The Kier molecular flexibility index (Phi) is 4.00. The fourth-order valence-corrected chi connectivity index (χ4v) is 2.84. The minimum absolute atomic E-state index is 0.00380. The summed E-state index contributed by atoms with van der Waals surface area (Å²) in [6.07, 6.45) is 6.92. The van der Waals surface area contributed by atoms with Gasteiger partial charge in [-0.1, -0.05) is 13.3 Å². The fourth-order valence-electron chi connectivity index (χ4n) is 2.84. The van der Waals surface area contributed by atoms with E-state index in [2.05, 4.69) is 16.8 Å². The predicted molar refractivity (Wildman–Crippen MR) is 70.3 cm³/mol. The van der Waals surface area contributed by atoms with Gasteiger partial charge in [0.25, 0.3) is 0 Å². The molecule has 1 aromatic rings. The van der Waals surface area contributed by atoms with Crippen LogP contribution >= 0.6 is 0 Å². The van der Waals surface area contributed by atoms with E-state index in [9.17, 15) is 4.79 Å². The largest absolute Gasteiger partial charge is 0.329 e. The van der Waals surface area contributed by atoms with Gasteiger partial charge in [0.2, 0.25) is 5.56 Å². The Morgan fingerprint density at radius 2 is 2.29 bits per heavy atom. The third kappa shape index (κ3) is 2.78. The van der Waals surface area contributed by atoms with Crippen LogP contribution in [-0.4, -0.2) is 23.0 Å². The first-order valence-electron chi connectivity index (χ1n) is 6.65. The quantitative estimate of drug-likeness (QED) is 0.872. The maximum Gasteiger partial charge on any atom is 0.248 e. The van der Waals surface area contributed by atoms with Crippen molar-refractivity contribution < 1.29 is 0 Å². The average Bonchev–Trinajstić information content (AvgIpc) is 2.31. The summed E-state index contributed by atoms with van der Waals surface area (Å²) < 4.78 is 0. The van der Waals surface area contributed by atoms with Gasteiger partial charge in [0, 0.05) is 18.3 Å². The van der Waals surface area contributed by atoms with E-state index in [1.807, 2.05) is 13.1 Å². The molecule has 1 N–H and O–H groups in total. The molecular weight excluding hydrogens is 212 g/mol. The highest BCUT2D eigenvalue weighted by atomic mass is 16.1. The van der Waals surface area contributed by atoms with Crippen LogP contribution in [0, 0.1) is 6.92 Å². The topological polar surface area (TPSA) is 36.1 Å².